The highest BCUT2D eigenvalue weighted by atomic mass is 19.1. The highest BCUT2D eigenvalue weighted by Crippen LogP contribution is 2.27. The Balaban J connectivity index is 2.22. The Labute approximate surface area is 146 Å². The average molecular weight is 353 g/mol. The topological polar surface area (TPSA) is 75.4 Å². The van der Waals surface area contributed by atoms with Crippen molar-refractivity contribution in [3.05, 3.63) is 35.4 Å². The maximum absolute atomic E-state index is 14.1. The summed E-state index contributed by atoms with van der Waals surface area (Å²) in [6.07, 6.45) is 1.46. The van der Waals surface area contributed by atoms with Crippen molar-refractivity contribution in [3.8, 4) is 0 Å². The van der Waals surface area contributed by atoms with Crippen LogP contribution in [-0.4, -0.2) is 35.8 Å². The summed E-state index contributed by atoms with van der Waals surface area (Å²) < 4.78 is 28.2. The molecule has 138 valence electrons. The second-order valence-electron chi connectivity index (χ2n) is 6.70. The van der Waals surface area contributed by atoms with Gasteiger partial charge in [0.2, 0.25) is 11.8 Å². The molecule has 1 aliphatic heterocycles. The molecule has 0 aliphatic carbocycles. The molecule has 0 bridgehead atoms. The van der Waals surface area contributed by atoms with Crippen LogP contribution in [0, 0.1) is 17.6 Å². The molecule has 7 heteroatoms. The highest BCUT2D eigenvalue weighted by Gasteiger charge is 2.32. The van der Waals surface area contributed by atoms with Crippen LogP contribution < -0.4 is 11.1 Å². The van der Waals surface area contributed by atoms with Crippen LogP contribution in [0.2, 0.25) is 0 Å². The number of rotatable bonds is 5. The summed E-state index contributed by atoms with van der Waals surface area (Å²) in [5.74, 6) is -1.80. The molecule has 25 heavy (non-hydrogen) atoms. The molecule has 3 unspecified atom stereocenters. The number of hydrogen-bond donors (Lipinski definition) is 2. The lowest BCUT2D eigenvalue weighted by atomic mass is 9.91. The first-order valence-electron chi connectivity index (χ1n) is 8.54. The summed E-state index contributed by atoms with van der Waals surface area (Å²) in [6, 6.07) is 2.34. The fraction of sp³-hybridized carbons (Fsp3) is 0.556. The van der Waals surface area contributed by atoms with Gasteiger partial charge in [-0.15, -0.1) is 0 Å². The van der Waals surface area contributed by atoms with E-state index in [4.69, 9.17) is 5.73 Å². The first kappa shape index (κ1) is 19.3. The maximum Gasteiger partial charge on any atom is 0.225 e. The number of piperidine rings is 1. The third-order valence-corrected chi connectivity index (χ3v) is 4.67. The molecule has 5 nitrogen and oxygen atoms in total. The van der Waals surface area contributed by atoms with Gasteiger partial charge in [0.05, 0.1) is 12.5 Å². The van der Waals surface area contributed by atoms with E-state index in [0.717, 1.165) is 25.0 Å². The lowest BCUT2D eigenvalue weighted by Gasteiger charge is -2.38. The molecule has 0 aromatic heterocycles. The number of carbonyl (C=O) groups is 2. The van der Waals surface area contributed by atoms with Gasteiger partial charge in [-0.1, -0.05) is 13.0 Å². The number of nitrogens with two attached hydrogens (primary N) is 1. The Bertz CT molecular complexity index is 618. The molecular weight excluding hydrogens is 328 g/mol. The molecule has 0 spiro atoms. The zero-order valence-corrected chi connectivity index (χ0v) is 14.6. The Morgan fingerprint density at radius 1 is 1.36 bits per heavy atom. The van der Waals surface area contributed by atoms with E-state index in [1.807, 2.05) is 0 Å². The van der Waals surface area contributed by atoms with Crippen LogP contribution in [0.4, 0.5) is 8.78 Å². The number of carbonyl (C=O) groups excluding carboxylic acids is 2. The van der Waals surface area contributed by atoms with Gasteiger partial charge in [-0.25, -0.2) is 8.78 Å². The molecule has 1 fully saturated rings. The van der Waals surface area contributed by atoms with Crippen molar-refractivity contribution in [2.75, 3.05) is 13.1 Å². The Hall–Kier alpha value is -2.02. The SMILES string of the molecule is CC(=O)NC(CC(=O)N1CCC(C)CC1CN)c1c(F)cccc1F. The van der Waals surface area contributed by atoms with E-state index in [-0.39, 0.29) is 23.9 Å². The van der Waals surface area contributed by atoms with Crippen LogP contribution in [-0.2, 0) is 9.59 Å². The van der Waals surface area contributed by atoms with Gasteiger partial charge in [0.1, 0.15) is 11.6 Å². The predicted molar refractivity (Wildman–Crippen MR) is 90.5 cm³/mol. The summed E-state index contributed by atoms with van der Waals surface area (Å²) in [5.41, 5.74) is 5.49. The minimum absolute atomic E-state index is 0.0836. The van der Waals surface area contributed by atoms with Crippen molar-refractivity contribution in [1.82, 2.24) is 10.2 Å². The fourth-order valence-electron chi connectivity index (χ4n) is 3.41. The van der Waals surface area contributed by atoms with Crippen molar-refractivity contribution in [1.29, 1.82) is 0 Å². The van der Waals surface area contributed by atoms with Gasteiger partial charge in [0.15, 0.2) is 0 Å². The standard InChI is InChI=1S/C18H25F2N3O2/c1-11-6-7-23(13(8-11)10-21)17(25)9-16(22-12(2)24)18-14(19)4-3-5-15(18)20/h3-5,11,13,16H,6-10,21H2,1-2H3,(H,22,24). The molecule has 0 saturated carbocycles. The van der Waals surface area contributed by atoms with Crippen molar-refractivity contribution in [3.63, 3.8) is 0 Å². The molecule has 1 aromatic rings. The minimum atomic E-state index is -1.05. The van der Waals surface area contributed by atoms with E-state index in [1.54, 1.807) is 4.90 Å². The van der Waals surface area contributed by atoms with Crippen molar-refractivity contribution < 1.29 is 18.4 Å². The molecule has 0 radical (unpaired) electrons. The Morgan fingerprint density at radius 2 is 2.00 bits per heavy atom. The van der Waals surface area contributed by atoms with Gasteiger partial charge in [-0.3, -0.25) is 9.59 Å². The summed E-state index contributed by atoms with van der Waals surface area (Å²) in [4.78, 5) is 25.9. The zero-order chi connectivity index (χ0) is 18.6. The summed E-state index contributed by atoms with van der Waals surface area (Å²) >= 11 is 0. The number of hydrogen-bond acceptors (Lipinski definition) is 3. The van der Waals surface area contributed by atoms with Crippen LogP contribution in [0.5, 0.6) is 0 Å². The van der Waals surface area contributed by atoms with Gasteiger partial charge >= 0.3 is 0 Å². The van der Waals surface area contributed by atoms with Gasteiger partial charge in [-0.05, 0) is 30.9 Å². The number of amides is 2. The van der Waals surface area contributed by atoms with Gasteiger partial charge in [-0.2, -0.15) is 0 Å². The number of likely N-dealkylation sites (tertiary alicyclic amines) is 1. The number of halogens is 2. The van der Waals surface area contributed by atoms with E-state index in [1.165, 1.54) is 13.0 Å². The molecule has 1 aliphatic rings. The zero-order valence-electron chi connectivity index (χ0n) is 14.6. The molecule has 2 amide bonds. The van der Waals surface area contributed by atoms with E-state index < -0.39 is 23.6 Å². The molecule has 1 aromatic carbocycles. The highest BCUT2D eigenvalue weighted by molar-refractivity contribution is 5.79. The summed E-state index contributed by atoms with van der Waals surface area (Å²) in [6.45, 7) is 4.27. The lowest BCUT2D eigenvalue weighted by Crippen LogP contribution is -2.50. The predicted octanol–water partition coefficient (Wildman–Crippen LogP) is 2.12. The average Bonchev–Trinajstić information content (AvgIpc) is 2.53. The second kappa shape index (κ2) is 8.38. The lowest BCUT2D eigenvalue weighted by molar-refractivity contribution is -0.136. The number of nitrogens with zero attached hydrogens (tertiary/aromatic N) is 1. The van der Waals surface area contributed by atoms with Crippen molar-refractivity contribution >= 4 is 11.8 Å². The first-order chi connectivity index (χ1) is 11.8. The minimum Gasteiger partial charge on any atom is -0.349 e. The monoisotopic (exact) mass is 353 g/mol. The van der Waals surface area contributed by atoms with E-state index in [2.05, 4.69) is 12.2 Å². The fourth-order valence-corrected chi connectivity index (χ4v) is 3.41. The smallest absolute Gasteiger partial charge is 0.225 e. The number of nitrogens with one attached hydrogen (secondary N) is 1. The van der Waals surface area contributed by atoms with E-state index in [0.29, 0.717) is 19.0 Å². The first-order valence-corrected chi connectivity index (χ1v) is 8.54. The van der Waals surface area contributed by atoms with Crippen molar-refractivity contribution in [2.45, 2.75) is 45.2 Å². The summed E-state index contributed by atoms with van der Waals surface area (Å²) in [5, 5.41) is 2.49. The van der Waals surface area contributed by atoms with E-state index in [9.17, 15) is 18.4 Å². The molecular formula is C18H25F2N3O2. The summed E-state index contributed by atoms with van der Waals surface area (Å²) in [7, 11) is 0. The molecule has 2 rings (SSSR count). The second-order valence-corrected chi connectivity index (χ2v) is 6.70. The van der Waals surface area contributed by atoms with E-state index >= 15 is 0 Å². The van der Waals surface area contributed by atoms with Crippen LogP contribution >= 0.6 is 0 Å². The van der Waals surface area contributed by atoms with Crippen LogP contribution in [0.25, 0.3) is 0 Å². The molecule has 3 atom stereocenters. The third kappa shape index (κ3) is 4.75. The molecule has 3 N–H and O–H groups in total. The largest absolute Gasteiger partial charge is 0.349 e. The molecule has 1 heterocycles. The third-order valence-electron chi connectivity index (χ3n) is 4.67. The Morgan fingerprint density at radius 3 is 2.56 bits per heavy atom. The maximum atomic E-state index is 14.1. The number of benzene rings is 1. The van der Waals surface area contributed by atoms with Crippen LogP contribution in [0.3, 0.4) is 0 Å². The van der Waals surface area contributed by atoms with Gasteiger partial charge < -0.3 is 16.0 Å². The Kier molecular flexibility index (Phi) is 6.47. The van der Waals surface area contributed by atoms with Gasteiger partial charge in [0, 0.05) is 31.6 Å². The van der Waals surface area contributed by atoms with Crippen molar-refractivity contribution in [2.24, 2.45) is 11.7 Å². The van der Waals surface area contributed by atoms with Gasteiger partial charge in [0.25, 0.3) is 0 Å². The normalized spacial score (nSPS) is 21.7. The quantitative estimate of drug-likeness (QED) is 0.851. The molecule has 1 saturated heterocycles. The van der Waals surface area contributed by atoms with Crippen LogP contribution in [0.15, 0.2) is 18.2 Å². The van der Waals surface area contributed by atoms with Crippen LogP contribution in [0.1, 0.15) is 44.7 Å².